The summed E-state index contributed by atoms with van der Waals surface area (Å²) in [6, 6.07) is 0.634. The Morgan fingerprint density at radius 1 is 1.25 bits per heavy atom. The van der Waals surface area contributed by atoms with Crippen molar-refractivity contribution in [3.8, 4) is 0 Å². The van der Waals surface area contributed by atoms with Crippen LogP contribution in [0.25, 0.3) is 0 Å². The van der Waals surface area contributed by atoms with Crippen LogP contribution >= 0.6 is 0 Å². The highest BCUT2D eigenvalue weighted by Crippen LogP contribution is 2.31. The van der Waals surface area contributed by atoms with Crippen LogP contribution in [0, 0.1) is 0 Å². The number of rotatable bonds is 3. The molecule has 1 aromatic heterocycles. The van der Waals surface area contributed by atoms with Crippen molar-refractivity contribution < 1.29 is 0 Å². The molecule has 0 radical (unpaired) electrons. The number of piperidine rings is 1. The van der Waals surface area contributed by atoms with Crippen molar-refractivity contribution in [1.29, 1.82) is 0 Å². The van der Waals surface area contributed by atoms with E-state index in [1.807, 2.05) is 6.33 Å². The zero-order chi connectivity index (χ0) is 14.2. The lowest BCUT2D eigenvalue weighted by molar-refractivity contribution is 0.000515. The molecule has 0 unspecified atom stereocenters. The van der Waals surface area contributed by atoms with E-state index in [4.69, 9.17) is 5.73 Å². The van der Waals surface area contributed by atoms with Gasteiger partial charge in [0.15, 0.2) is 0 Å². The van der Waals surface area contributed by atoms with Gasteiger partial charge in [-0.3, -0.25) is 4.90 Å². The van der Waals surface area contributed by atoms with E-state index < -0.39 is 0 Å². The van der Waals surface area contributed by atoms with E-state index in [0.29, 0.717) is 6.04 Å². The summed E-state index contributed by atoms with van der Waals surface area (Å²) in [5, 5.41) is 8.24. The topological polar surface area (TPSA) is 63.2 Å². The normalized spacial score (nSPS) is 24.0. The Morgan fingerprint density at radius 3 is 2.65 bits per heavy atom. The Kier molecular flexibility index (Phi) is 3.79. The molecule has 0 amide bonds. The monoisotopic (exact) mass is 278 g/mol. The predicted molar refractivity (Wildman–Crippen MR) is 78.2 cm³/mol. The summed E-state index contributed by atoms with van der Waals surface area (Å²) in [5.41, 5.74) is 6.34. The molecule has 1 fully saturated rings. The van der Waals surface area contributed by atoms with Crippen molar-refractivity contribution in [2.45, 2.75) is 51.4 Å². The molecule has 0 bridgehead atoms. The number of fused-ring (bicyclic) bond motifs is 1. The molecule has 0 aliphatic carbocycles. The summed E-state index contributed by atoms with van der Waals surface area (Å²) in [6.45, 7) is 10.5. The first-order valence-corrected chi connectivity index (χ1v) is 7.70. The second-order valence-electron chi connectivity index (χ2n) is 6.42. The number of hydrogen-bond donors (Lipinski definition) is 1. The maximum absolute atomic E-state index is 6.18. The molecule has 2 aliphatic rings. The van der Waals surface area contributed by atoms with Crippen LogP contribution in [-0.4, -0.2) is 62.3 Å². The van der Waals surface area contributed by atoms with Crippen molar-refractivity contribution in [1.82, 2.24) is 24.6 Å². The van der Waals surface area contributed by atoms with E-state index in [1.54, 1.807) is 0 Å². The zero-order valence-corrected chi connectivity index (χ0v) is 12.6. The summed E-state index contributed by atoms with van der Waals surface area (Å²) in [5.74, 6) is 1.08. The third kappa shape index (κ3) is 2.36. The van der Waals surface area contributed by atoms with Crippen molar-refractivity contribution in [2.75, 3.05) is 26.2 Å². The van der Waals surface area contributed by atoms with Gasteiger partial charge in [-0.2, -0.15) is 0 Å². The third-order valence-corrected chi connectivity index (χ3v) is 5.15. The number of nitrogens with zero attached hydrogens (tertiary/aromatic N) is 5. The molecule has 3 heterocycles. The van der Waals surface area contributed by atoms with Crippen LogP contribution in [0.1, 0.15) is 32.5 Å². The van der Waals surface area contributed by atoms with Crippen LogP contribution < -0.4 is 5.73 Å². The fraction of sp³-hybridized carbons (Fsp3) is 0.857. The Labute approximate surface area is 120 Å². The van der Waals surface area contributed by atoms with Crippen LogP contribution in [-0.2, 0) is 13.1 Å². The first-order chi connectivity index (χ1) is 9.64. The quantitative estimate of drug-likeness (QED) is 0.861. The van der Waals surface area contributed by atoms with Gasteiger partial charge in [0.1, 0.15) is 12.2 Å². The number of hydrogen-bond acceptors (Lipinski definition) is 5. The summed E-state index contributed by atoms with van der Waals surface area (Å²) < 4.78 is 2.16. The second kappa shape index (κ2) is 5.42. The van der Waals surface area contributed by atoms with Gasteiger partial charge < -0.3 is 15.2 Å². The van der Waals surface area contributed by atoms with Crippen molar-refractivity contribution in [3.05, 3.63) is 12.2 Å². The summed E-state index contributed by atoms with van der Waals surface area (Å²) in [6.07, 6.45) is 4.16. The average molecular weight is 278 g/mol. The molecule has 20 heavy (non-hydrogen) atoms. The van der Waals surface area contributed by atoms with Gasteiger partial charge in [-0.15, -0.1) is 10.2 Å². The molecule has 0 saturated carbocycles. The van der Waals surface area contributed by atoms with Gasteiger partial charge in [-0.25, -0.2) is 0 Å². The maximum atomic E-state index is 6.18. The van der Waals surface area contributed by atoms with Gasteiger partial charge in [-0.05, 0) is 26.7 Å². The molecule has 2 N–H and O–H groups in total. The highest BCUT2D eigenvalue weighted by molar-refractivity contribution is 5.01. The molecular weight excluding hydrogens is 252 g/mol. The van der Waals surface area contributed by atoms with E-state index in [9.17, 15) is 0 Å². The molecule has 0 spiro atoms. The van der Waals surface area contributed by atoms with Gasteiger partial charge in [0.05, 0.1) is 6.54 Å². The summed E-state index contributed by atoms with van der Waals surface area (Å²) in [7, 11) is 0. The second-order valence-corrected chi connectivity index (χ2v) is 6.42. The van der Waals surface area contributed by atoms with Crippen molar-refractivity contribution in [3.63, 3.8) is 0 Å². The van der Waals surface area contributed by atoms with E-state index in [-0.39, 0.29) is 5.54 Å². The molecule has 6 heteroatoms. The Hall–Kier alpha value is -0.980. The van der Waals surface area contributed by atoms with Gasteiger partial charge in [-0.1, -0.05) is 0 Å². The highest BCUT2D eigenvalue weighted by Gasteiger charge is 2.40. The van der Waals surface area contributed by atoms with Crippen molar-refractivity contribution in [2.24, 2.45) is 5.73 Å². The van der Waals surface area contributed by atoms with Gasteiger partial charge >= 0.3 is 0 Å². The number of likely N-dealkylation sites (tertiary alicyclic amines) is 1. The van der Waals surface area contributed by atoms with Crippen LogP contribution in [0.3, 0.4) is 0 Å². The lowest BCUT2D eigenvalue weighted by atomic mass is 9.84. The first kappa shape index (κ1) is 14.0. The SMILES string of the molecule is CC(C)N1CCC(CN)(N2CCn3cnnc3C2)CC1. The maximum Gasteiger partial charge on any atom is 0.147 e. The highest BCUT2D eigenvalue weighted by atomic mass is 15.3. The van der Waals surface area contributed by atoms with Crippen LogP contribution in [0.2, 0.25) is 0 Å². The van der Waals surface area contributed by atoms with E-state index >= 15 is 0 Å². The number of nitrogens with two attached hydrogens (primary N) is 1. The third-order valence-electron chi connectivity index (χ3n) is 5.15. The fourth-order valence-corrected chi connectivity index (χ4v) is 3.58. The lowest BCUT2D eigenvalue weighted by Crippen LogP contribution is -2.61. The van der Waals surface area contributed by atoms with Gasteiger partial charge in [0.25, 0.3) is 0 Å². The van der Waals surface area contributed by atoms with E-state index in [0.717, 1.165) is 57.9 Å². The van der Waals surface area contributed by atoms with Crippen LogP contribution in [0.15, 0.2) is 6.33 Å². The molecule has 2 aliphatic heterocycles. The molecule has 6 nitrogen and oxygen atoms in total. The Bertz CT molecular complexity index is 446. The minimum Gasteiger partial charge on any atom is -0.329 e. The molecule has 112 valence electrons. The van der Waals surface area contributed by atoms with E-state index in [2.05, 4.69) is 38.4 Å². The lowest BCUT2D eigenvalue weighted by Gasteiger charge is -2.50. The molecule has 1 aromatic rings. The van der Waals surface area contributed by atoms with Crippen LogP contribution in [0.4, 0.5) is 0 Å². The van der Waals surface area contributed by atoms with Crippen LogP contribution in [0.5, 0.6) is 0 Å². The molecule has 3 rings (SSSR count). The largest absolute Gasteiger partial charge is 0.329 e. The summed E-state index contributed by atoms with van der Waals surface area (Å²) >= 11 is 0. The average Bonchev–Trinajstić information content (AvgIpc) is 2.94. The Balaban J connectivity index is 1.71. The van der Waals surface area contributed by atoms with Gasteiger partial charge in [0.2, 0.25) is 0 Å². The fourth-order valence-electron chi connectivity index (χ4n) is 3.58. The first-order valence-electron chi connectivity index (χ1n) is 7.70. The predicted octanol–water partition coefficient (Wildman–Crippen LogP) is 0.295. The van der Waals surface area contributed by atoms with Gasteiger partial charge in [0, 0.05) is 44.3 Å². The number of aromatic nitrogens is 3. The van der Waals surface area contributed by atoms with Crippen molar-refractivity contribution >= 4 is 0 Å². The van der Waals surface area contributed by atoms with E-state index in [1.165, 1.54) is 0 Å². The molecule has 0 atom stereocenters. The zero-order valence-electron chi connectivity index (χ0n) is 12.6. The minimum absolute atomic E-state index is 0.155. The smallest absolute Gasteiger partial charge is 0.147 e. The standard InChI is InChI=1S/C14H26N6/c1-12(2)18-5-3-14(10-15,4-6-18)20-8-7-19-11-16-17-13(19)9-20/h11-12H,3-10,15H2,1-2H3. The summed E-state index contributed by atoms with van der Waals surface area (Å²) in [4.78, 5) is 5.11. The molecule has 0 aromatic carbocycles. The minimum atomic E-state index is 0.155. The Morgan fingerprint density at radius 2 is 2.00 bits per heavy atom. The molecular formula is C14H26N6. The molecule has 1 saturated heterocycles.